The zero-order chi connectivity index (χ0) is 12.2. The smallest absolute Gasteiger partial charge is 0.397 e. The van der Waals surface area contributed by atoms with Crippen LogP contribution in [0.25, 0.3) is 0 Å². The Hall–Kier alpha value is -1.43. The number of alkyl halides is 3. The van der Waals surface area contributed by atoms with E-state index in [0.29, 0.717) is 18.8 Å². The Morgan fingerprint density at radius 3 is 2.56 bits per heavy atom. The van der Waals surface area contributed by atoms with Gasteiger partial charge in [-0.05, 0) is 18.2 Å². The fourth-order valence-corrected chi connectivity index (χ4v) is 1.19. The zero-order valence-corrected chi connectivity index (χ0v) is 8.77. The highest BCUT2D eigenvalue weighted by Crippen LogP contribution is 2.32. The van der Waals surface area contributed by atoms with E-state index < -0.39 is 11.7 Å². The van der Waals surface area contributed by atoms with Crippen molar-refractivity contribution in [3.8, 4) is 0 Å². The van der Waals surface area contributed by atoms with E-state index in [9.17, 15) is 13.2 Å². The molecule has 1 rings (SSSR count). The molecule has 0 heterocycles. The Balaban J connectivity index is 2.76. The molecule has 0 aliphatic rings. The van der Waals surface area contributed by atoms with Crippen molar-refractivity contribution in [3.05, 3.63) is 23.8 Å². The van der Waals surface area contributed by atoms with E-state index in [1.807, 2.05) is 0 Å². The second kappa shape index (κ2) is 5.07. The van der Waals surface area contributed by atoms with Gasteiger partial charge in [-0.2, -0.15) is 13.2 Å². The molecule has 0 aliphatic heterocycles. The lowest BCUT2D eigenvalue weighted by atomic mass is 10.1. The second-order valence-corrected chi connectivity index (χ2v) is 3.22. The molecule has 0 atom stereocenters. The van der Waals surface area contributed by atoms with Crippen LogP contribution in [0.4, 0.5) is 24.5 Å². The minimum Gasteiger partial charge on any atom is -0.397 e. The Morgan fingerprint density at radius 1 is 1.38 bits per heavy atom. The SMILES string of the molecule is COCCNc1ccc(C(F)(F)F)cc1N. The maximum atomic E-state index is 12.3. The molecule has 0 spiro atoms. The molecule has 0 unspecified atom stereocenters. The number of methoxy groups -OCH3 is 1. The summed E-state index contributed by atoms with van der Waals surface area (Å²) < 4.78 is 41.7. The second-order valence-electron chi connectivity index (χ2n) is 3.22. The molecular weight excluding hydrogens is 221 g/mol. The van der Waals surface area contributed by atoms with Crippen LogP contribution in [-0.4, -0.2) is 20.3 Å². The third-order valence-corrected chi connectivity index (χ3v) is 2.00. The third-order valence-electron chi connectivity index (χ3n) is 2.00. The van der Waals surface area contributed by atoms with Crippen molar-refractivity contribution in [2.75, 3.05) is 31.3 Å². The number of halogens is 3. The highest BCUT2D eigenvalue weighted by Gasteiger charge is 2.30. The first-order valence-electron chi connectivity index (χ1n) is 4.64. The summed E-state index contributed by atoms with van der Waals surface area (Å²) in [6.45, 7) is 0.951. The van der Waals surface area contributed by atoms with Gasteiger partial charge in [0, 0.05) is 13.7 Å². The Bertz CT molecular complexity index is 352. The van der Waals surface area contributed by atoms with Gasteiger partial charge in [0.1, 0.15) is 0 Å². The van der Waals surface area contributed by atoms with Gasteiger partial charge in [-0.15, -0.1) is 0 Å². The summed E-state index contributed by atoms with van der Waals surface area (Å²) in [5, 5.41) is 2.88. The van der Waals surface area contributed by atoms with Crippen LogP contribution in [-0.2, 0) is 10.9 Å². The van der Waals surface area contributed by atoms with Gasteiger partial charge in [0.05, 0.1) is 23.5 Å². The number of anilines is 2. The van der Waals surface area contributed by atoms with E-state index in [1.54, 1.807) is 0 Å². The fraction of sp³-hybridized carbons (Fsp3) is 0.400. The van der Waals surface area contributed by atoms with Crippen molar-refractivity contribution in [1.82, 2.24) is 0 Å². The molecule has 0 bridgehead atoms. The van der Waals surface area contributed by atoms with Crippen LogP contribution >= 0.6 is 0 Å². The van der Waals surface area contributed by atoms with Crippen LogP contribution in [0.2, 0.25) is 0 Å². The van der Waals surface area contributed by atoms with E-state index in [2.05, 4.69) is 5.32 Å². The normalized spacial score (nSPS) is 11.5. The maximum Gasteiger partial charge on any atom is 0.416 e. The first-order chi connectivity index (χ1) is 7.45. The average molecular weight is 234 g/mol. The van der Waals surface area contributed by atoms with E-state index in [-0.39, 0.29) is 5.69 Å². The van der Waals surface area contributed by atoms with Gasteiger partial charge >= 0.3 is 6.18 Å². The maximum absolute atomic E-state index is 12.3. The Morgan fingerprint density at radius 2 is 2.06 bits per heavy atom. The van der Waals surface area contributed by atoms with Gasteiger partial charge in [-0.3, -0.25) is 0 Å². The molecule has 0 saturated carbocycles. The molecule has 0 amide bonds. The molecule has 0 radical (unpaired) electrons. The third kappa shape index (κ3) is 3.30. The molecular formula is C10H13F3N2O. The lowest BCUT2D eigenvalue weighted by molar-refractivity contribution is -0.137. The standard InChI is InChI=1S/C10H13F3N2O/c1-16-5-4-15-9-3-2-7(6-8(9)14)10(11,12)13/h2-3,6,15H,4-5,14H2,1H3. The summed E-state index contributed by atoms with van der Waals surface area (Å²) in [5.74, 6) is 0. The average Bonchev–Trinajstić information content (AvgIpc) is 2.19. The topological polar surface area (TPSA) is 47.3 Å². The molecule has 1 aromatic rings. The zero-order valence-electron chi connectivity index (χ0n) is 8.77. The van der Waals surface area contributed by atoms with E-state index in [4.69, 9.17) is 10.5 Å². The van der Waals surface area contributed by atoms with Crippen molar-refractivity contribution in [3.63, 3.8) is 0 Å². The summed E-state index contributed by atoms with van der Waals surface area (Å²) in [6, 6.07) is 3.22. The van der Waals surface area contributed by atoms with Gasteiger partial charge in [0.15, 0.2) is 0 Å². The van der Waals surface area contributed by atoms with Gasteiger partial charge in [0.25, 0.3) is 0 Å². The monoisotopic (exact) mass is 234 g/mol. The van der Waals surface area contributed by atoms with Crippen LogP contribution in [0.3, 0.4) is 0 Å². The van der Waals surface area contributed by atoms with Crippen molar-refractivity contribution in [2.45, 2.75) is 6.18 Å². The number of hydrogen-bond donors (Lipinski definition) is 2. The minimum atomic E-state index is -4.36. The summed E-state index contributed by atoms with van der Waals surface area (Å²) in [6.07, 6.45) is -4.36. The van der Waals surface area contributed by atoms with Crippen LogP contribution in [0.1, 0.15) is 5.56 Å². The van der Waals surface area contributed by atoms with E-state index in [0.717, 1.165) is 12.1 Å². The first kappa shape index (κ1) is 12.6. The predicted molar refractivity (Wildman–Crippen MR) is 56.2 cm³/mol. The quantitative estimate of drug-likeness (QED) is 0.621. The van der Waals surface area contributed by atoms with Crippen molar-refractivity contribution in [1.29, 1.82) is 0 Å². The van der Waals surface area contributed by atoms with Gasteiger partial charge in [-0.1, -0.05) is 0 Å². The highest BCUT2D eigenvalue weighted by molar-refractivity contribution is 5.67. The fourth-order valence-electron chi connectivity index (χ4n) is 1.19. The van der Waals surface area contributed by atoms with Gasteiger partial charge in [-0.25, -0.2) is 0 Å². The largest absolute Gasteiger partial charge is 0.416 e. The van der Waals surface area contributed by atoms with Gasteiger partial charge in [0.2, 0.25) is 0 Å². The summed E-state index contributed by atoms with van der Waals surface area (Å²) in [7, 11) is 1.54. The molecule has 0 aliphatic carbocycles. The molecule has 1 aromatic carbocycles. The molecule has 6 heteroatoms. The van der Waals surface area contributed by atoms with E-state index in [1.165, 1.54) is 13.2 Å². The predicted octanol–water partition coefficient (Wildman–Crippen LogP) is 2.35. The summed E-state index contributed by atoms with van der Waals surface area (Å²) in [5.41, 5.74) is 5.30. The first-order valence-corrected chi connectivity index (χ1v) is 4.64. The lowest BCUT2D eigenvalue weighted by Gasteiger charge is -2.12. The number of rotatable bonds is 4. The van der Waals surface area contributed by atoms with Crippen LogP contribution in [0, 0.1) is 0 Å². The number of nitrogens with two attached hydrogens (primary N) is 1. The van der Waals surface area contributed by atoms with Crippen molar-refractivity contribution >= 4 is 11.4 Å². The summed E-state index contributed by atoms with van der Waals surface area (Å²) >= 11 is 0. The van der Waals surface area contributed by atoms with Crippen LogP contribution in [0.5, 0.6) is 0 Å². The Kier molecular flexibility index (Phi) is 4.00. The number of nitrogen functional groups attached to an aromatic ring is 1. The van der Waals surface area contributed by atoms with Gasteiger partial charge < -0.3 is 15.8 Å². The number of nitrogens with one attached hydrogen (secondary N) is 1. The number of ether oxygens (including phenoxy) is 1. The molecule has 3 nitrogen and oxygen atoms in total. The molecule has 0 saturated heterocycles. The molecule has 16 heavy (non-hydrogen) atoms. The summed E-state index contributed by atoms with van der Waals surface area (Å²) in [4.78, 5) is 0. The van der Waals surface area contributed by atoms with Crippen molar-refractivity contribution < 1.29 is 17.9 Å². The van der Waals surface area contributed by atoms with E-state index >= 15 is 0 Å². The lowest BCUT2D eigenvalue weighted by Crippen LogP contribution is -2.11. The highest BCUT2D eigenvalue weighted by atomic mass is 19.4. The minimum absolute atomic E-state index is 0.0749. The number of benzene rings is 1. The molecule has 3 N–H and O–H groups in total. The van der Waals surface area contributed by atoms with Crippen molar-refractivity contribution in [2.24, 2.45) is 0 Å². The molecule has 90 valence electrons. The molecule has 0 aromatic heterocycles. The Labute approximate surface area is 91.4 Å². The number of hydrogen-bond acceptors (Lipinski definition) is 3. The van der Waals surface area contributed by atoms with Crippen LogP contribution in [0.15, 0.2) is 18.2 Å². The van der Waals surface area contributed by atoms with Crippen LogP contribution < -0.4 is 11.1 Å². The molecule has 0 fully saturated rings.